The van der Waals surface area contributed by atoms with E-state index < -0.39 is 0 Å². The van der Waals surface area contributed by atoms with Crippen molar-refractivity contribution >= 4 is 5.91 Å². The van der Waals surface area contributed by atoms with Crippen molar-refractivity contribution in [3.05, 3.63) is 17.5 Å². The number of amides is 1. The summed E-state index contributed by atoms with van der Waals surface area (Å²) in [6, 6.07) is 0. The molecule has 106 valence electrons. The Morgan fingerprint density at radius 2 is 2.32 bits per heavy atom. The van der Waals surface area contributed by atoms with Gasteiger partial charge in [-0.3, -0.25) is 9.48 Å². The first kappa shape index (κ1) is 14.1. The molecule has 1 amide bonds. The number of hydrogen-bond donors (Lipinski definition) is 2. The van der Waals surface area contributed by atoms with E-state index in [9.17, 15) is 4.79 Å². The van der Waals surface area contributed by atoms with Crippen molar-refractivity contribution in [1.29, 1.82) is 0 Å². The first-order chi connectivity index (χ1) is 9.12. The molecule has 5 nitrogen and oxygen atoms in total. The number of nitrogens with zero attached hydrogens (tertiary/aromatic N) is 2. The second-order valence-electron chi connectivity index (χ2n) is 5.55. The highest BCUT2D eigenvalue weighted by atomic mass is 16.1. The Kier molecular flexibility index (Phi) is 4.24. The van der Waals surface area contributed by atoms with Gasteiger partial charge in [-0.2, -0.15) is 5.10 Å². The fourth-order valence-electron chi connectivity index (χ4n) is 2.33. The Morgan fingerprint density at radius 3 is 2.89 bits per heavy atom. The molecule has 0 spiro atoms. The Hall–Kier alpha value is -1.36. The Balaban J connectivity index is 1.93. The van der Waals surface area contributed by atoms with Crippen molar-refractivity contribution in [3.8, 4) is 0 Å². The molecule has 0 atom stereocenters. The fourth-order valence-corrected chi connectivity index (χ4v) is 2.33. The minimum Gasteiger partial charge on any atom is -0.351 e. The molecule has 1 aliphatic rings. The van der Waals surface area contributed by atoms with Crippen LogP contribution < -0.4 is 11.1 Å². The molecule has 1 aliphatic carbocycles. The average molecular weight is 264 g/mol. The van der Waals surface area contributed by atoms with Crippen LogP contribution in [0.5, 0.6) is 0 Å². The molecule has 1 saturated carbocycles. The van der Waals surface area contributed by atoms with E-state index in [1.54, 1.807) is 6.20 Å². The summed E-state index contributed by atoms with van der Waals surface area (Å²) in [4.78, 5) is 12.2. The van der Waals surface area contributed by atoms with Crippen LogP contribution in [-0.2, 0) is 6.54 Å². The molecular formula is C14H24N4O. The van der Waals surface area contributed by atoms with Crippen LogP contribution in [-0.4, -0.2) is 28.8 Å². The predicted molar refractivity (Wildman–Crippen MR) is 74.9 cm³/mol. The molecule has 1 aromatic heterocycles. The summed E-state index contributed by atoms with van der Waals surface area (Å²) < 4.78 is 1.86. The summed E-state index contributed by atoms with van der Waals surface area (Å²) in [5.41, 5.74) is 7.47. The molecule has 1 aromatic rings. The van der Waals surface area contributed by atoms with Crippen LogP contribution in [0.4, 0.5) is 0 Å². The fraction of sp³-hybridized carbons (Fsp3) is 0.714. The Labute approximate surface area is 114 Å². The number of nitrogens with one attached hydrogen (secondary N) is 1. The molecule has 0 aromatic carbocycles. The highest BCUT2D eigenvalue weighted by Crippen LogP contribution is 2.47. The van der Waals surface area contributed by atoms with E-state index in [4.69, 9.17) is 5.73 Å². The number of aryl methyl sites for hydroxylation is 1. The van der Waals surface area contributed by atoms with E-state index in [-0.39, 0.29) is 5.91 Å². The van der Waals surface area contributed by atoms with Gasteiger partial charge in [0.2, 0.25) is 0 Å². The zero-order valence-corrected chi connectivity index (χ0v) is 11.9. The quantitative estimate of drug-likeness (QED) is 0.783. The normalized spacial score (nSPS) is 16.4. The van der Waals surface area contributed by atoms with Crippen LogP contribution in [0.25, 0.3) is 0 Å². The van der Waals surface area contributed by atoms with E-state index in [1.165, 1.54) is 12.8 Å². The van der Waals surface area contributed by atoms with Gasteiger partial charge in [-0.25, -0.2) is 0 Å². The van der Waals surface area contributed by atoms with E-state index in [1.807, 2.05) is 11.6 Å². The maximum Gasteiger partial charge on any atom is 0.254 e. The lowest BCUT2D eigenvalue weighted by Crippen LogP contribution is -2.30. The van der Waals surface area contributed by atoms with Crippen molar-refractivity contribution in [1.82, 2.24) is 15.1 Å². The zero-order valence-electron chi connectivity index (χ0n) is 11.9. The van der Waals surface area contributed by atoms with E-state index >= 15 is 0 Å². The minimum absolute atomic E-state index is 0.00350. The Morgan fingerprint density at radius 1 is 1.58 bits per heavy atom. The first-order valence-corrected chi connectivity index (χ1v) is 7.12. The van der Waals surface area contributed by atoms with Crippen LogP contribution in [0.3, 0.4) is 0 Å². The molecule has 1 heterocycles. The maximum atomic E-state index is 12.2. The molecule has 0 aliphatic heterocycles. The van der Waals surface area contributed by atoms with Crippen LogP contribution in [0.15, 0.2) is 6.20 Å². The lowest BCUT2D eigenvalue weighted by molar-refractivity contribution is 0.0943. The molecule has 5 heteroatoms. The average Bonchev–Trinajstić information content (AvgIpc) is 3.12. The van der Waals surface area contributed by atoms with Gasteiger partial charge in [0.1, 0.15) is 0 Å². The van der Waals surface area contributed by atoms with Gasteiger partial charge in [0.05, 0.1) is 11.8 Å². The highest BCUT2D eigenvalue weighted by Gasteiger charge is 2.40. The maximum absolute atomic E-state index is 12.2. The van der Waals surface area contributed by atoms with Crippen LogP contribution >= 0.6 is 0 Å². The Bertz CT molecular complexity index is 448. The molecule has 3 N–H and O–H groups in total. The number of nitrogens with two attached hydrogens (primary N) is 1. The molecule has 0 radical (unpaired) electrons. The van der Waals surface area contributed by atoms with E-state index in [0.29, 0.717) is 17.5 Å². The van der Waals surface area contributed by atoms with E-state index in [2.05, 4.69) is 17.3 Å². The van der Waals surface area contributed by atoms with Gasteiger partial charge in [-0.15, -0.1) is 0 Å². The third-order valence-electron chi connectivity index (χ3n) is 4.25. The van der Waals surface area contributed by atoms with Gasteiger partial charge >= 0.3 is 0 Å². The molecule has 0 unspecified atom stereocenters. The van der Waals surface area contributed by atoms with Gasteiger partial charge in [-0.1, -0.05) is 6.92 Å². The standard InChI is InChI=1S/C14H24N4O/c1-3-14(5-6-14)10-16-13(19)12-9-17-18(11(12)2)8-4-7-15/h9H,3-8,10,15H2,1-2H3,(H,16,19). The van der Waals surface area contributed by atoms with Crippen LogP contribution in [0.1, 0.15) is 48.7 Å². The summed E-state index contributed by atoms with van der Waals surface area (Å²) in [6.07, 6.45) is 6.15. The zero-order chi connectivity index (χ0) is 13.9. The largest absolute Gasteiger partial charge is 0.351 e. The second kappa shape index (κ2) is 5.74. The molecule has 1 fully saturated rings. The van der Waals surface area contributed by atoms with Gasteiger partial charge < -0.3 is 11.1 Å². The second-order valence-corrected chi connectivity index (χ2v) is 5.55. The third kappa shape index (κ3) is 3.15. The smallest absolute Gasteiger partial charge is 0.254 e. The number of carbonyl (C=O) groups excluding carboxylic acids is 1. The van der Waals surface area contributed by atoms with Crippen molar-refractivity contribution in [3.63, 3.8) is 0 Å². The topological polar surface area (TPSA) is 72.9 Å². The van der Waals surface area contributed by atoms with Crippen molar-refractivity contribution < 1.29 is 4.79 Å². The van der Waals surface area contributed by atoms with Crippen molar-refractivity contribution in [2.45, 2.75) is 46.1 Å². The highest BCUT2D eigenvalue weighted by molar-refractivity contribution is 5.95. The summed E-state index contributed by atoms with van der Waals surface area (Å²) in [6.45, 7) is 6.32. The number of carbonyl (C=O) groups is 1. The molecule has 0 saturated heterocycles. The third-order valence-corrected chi connectivity index (χ3v) is 4.25. The van der Waals surface area contributed by atoms with Crippen LogP contribution in [0, 0.1) is 12.3 Å². The van der Waals surface area contributed by atoms with Crippen molar-refractivity contribution in [2.24, 2.45) is 11.1 Å². The predicted octanol–water partition coefficient (Wildman–Crippen LogP) is 1.46. The summed E-state index contributed by atoms with van der Waals surface area (Å²) in [5.74, 6) is -0.00350. The number of hydrogen-bond acceptors (Lipinski definition) is 3. The van der Waals surface area contributed by atoms with Gasteiger partial charge in [0, 0.05) is 18.8 Å². The lowest BCUT2D eigenvalue weighted by atomic mass is 10.0. The van der Waals surface area contributed by atoms with Gasteiger partial charge in [-0.05, 0) is 44.6 Å². The number of aromatic nitrogens is 2. The molecule has 2 rings (SSSR count). The lowest BCUT2D eigenvalue weighted by Gasteiger charge is -2.13. The van der Waals surface area contributed by atoms with Gasteiger partial charge in [0.25, 0.3) is 5.91 Å². The monoisotopic (exact) mass is 264 g/mol. The first-order valence-electron chi connectivity index (χ1n) is 7.12. The SMILES string of the molecule is CCC1(CNC(=O)c2cnn(CCCN)c2C)CC1. The minimum atomic E-state index is -0.00350. The summed E-state index contributed by atoms with van der Waals surface area (Å²) >= 11 is 0. The number of rotatable bonds is 7. The summed E-state index contributed by atoms with van der Waals surface area (Å²) in [5, 5.41) is 7.30. The molecule has 0 bridgehead atoms. The van der Waals surface area contributed by atoms with Gasteiger partial charge in [0.15, 0.2) is 0 Å². The molecule has 19 heavy (non-hydrogen) atoms. The summed E-state index contributed by atoms with van der Waals surface area (Å²) in [7, 11) is 0. The van der Waals surface area contributed by atoms with Crippen LogP contribution in [0.2, 0.25) is 0 Å². The molecular weight excluding hydrogens is 240 g/mol. The van der Waals surface area contributed by atoms with Crippen molar-refractivity contribution in [2.75, 3.05) is 13.1 Å². The van der Waals surface area contributed by atoms with E-state index in [0.717, 1.165) is 31.6 Å².